The zero-order valence-corrected chi connectivity index (χ0v) is 35.2. The topological polar surface area (TPSA) is 201 Å². The van der Waals surface area contributed by atoms with E-state index in [1.165, 1.54) is 12.1 Å². The van der Waals surface area contributed by atoms with E-state index in [0.717, 1.165) is 73.6 Å². The van der Waals surface area contributed by atoms with E-state index in [4.69, 9.17) is 15.2 Å². The highest BCUT2D eigenvalue weighted by Crippen LogP contribution is 2.32. The number of nitrogens with zero attached hydrogens (tertiary/aromatic N) is 5. The molecule has 0 saturated carbocycles. The third-order valence-electron chi connectivity index (χ3n) is 11.2. The molecule has 0 bridgehead atoms. The second kappa shape index (κ2) is 18.9. The summed E-state index contributed by atoms with van der Waals surface area (Å²) >= 11 is 0. The monoisotopic (exact) mass is 868 g/mol. The normalized spacial score (nSPS) is 20.1. The molecule has 4 aliphatic heterocycles. The zero-order valence-electron chi connectivity index (χ0n) is 33.6. The number of nitrogens with two attached hydrogens (primary N) is 1. The van der Waals surface area contributed by atoms with E-state index in [1.807, 2.05) is 18.2 Å². The molecule has 0 aromatic heterocycles. The number of benzene rings is 4. The minimum atomic E-state index is -3.74. The van der Waals surface area contributed by atoms with Crippen LogP contribution in [-0.4, -0.2) is 118 Å². The van der Waals surface area contributed by atoms with Crippen molar-refractivity contribution in [3.05, 3.63) is 119 Å². The van der Waals surface area contributed by atoms with Crippen LogP contribution >= 0.6 is 0 Å². The number of likely N-dealkylation sites (tertiary alicyclic amines) is 2. The van der Waals surface area contributed by atoms with Gasteiger partial charge in [0.25, 0.3) is 37.8 Å². The van der Waals surface area contributed by atoms with E-state index in [2.05, 4.69) is 15.9 Å². The number of carbonyl (C=O) groups is 3. The molecule has 8 rings (SSSR count). The van der Waals surface area contributed by atoms with Gasteiger partial charge in [-0.05, 0) is 100 Å². The van der Waals surface area contributed by atoms with Crippen molar-refractivity contribution < 1.29 is 40.7 Å². The van der Waals surface area contributed by atoms with Crippen molar-refractivity contribution in [2.45, 2.75) is 60.5 Å². The highest BCUT2D eigenvalue weighted by atomic mass is 32.2. The lowest BCUT2D eigenvalue weighted by Gasteiger charge is -2.19. The van der Waals surface area contributed by atoms with Crippen molar-refractivity contribution in [3.8, 4) is 17.6 Å². The van der Waals surface area contributed by atoms with Crippen LogP contribution in [0, 0.1) is 11.3 Å². The standard InChI is InChI=1S/C22H25N3O5S.C22H23N3O4S/c23-21(26)17-7-1-3-9-19(17)30-16-11-14-24(15-16)12-5-6-13-25-22(27)18-8-2-4-10-20(18)31(25,28)29;23-15-17-7-1-3-9-20(17)29-18-11-14-24(16-18)12-5-6-13-25-22(26)19-8-2-4-10-21(19)30(25,27)28/h1-4,7-10,16H,5-6,11-15H2,(H2,23,26);1-4,7-10,18H,5-6,11-14,16H2. The van der Waals surface area contributed by atoms with Crippen molar-refractivity contribution in [3.63, 3.8) is 0 Å². The summed E-state index contributed by atoms with van der Waals surface area (Å²) in [4.78, 5) is 41.1. The van der Waals surface area contributed by atoms with Gasteiger partial charge in [-0.2, -0.15) is 5.26 Å². The molecular formula is C44H48N6O9S2. The molecule has 320 valence electrons. The quantitative estimate of drug-likeness (QED) is 0.164. The van der Waals surface area contributed by atoms with Crippen LogP contribution in [0.25, 0.3) is 0 Å². The van der Waals surface area contributed by atoms with Crippen molar-refractivity contribution in [1.29, 1.82) is 5.26 Å². The Morgan fingerprint density at radius 3 is 1.54 bits per heavy atom. The number of fused-ring (bicyclic) bond motifs is 2. The molecule has 0 aliphatic carbocycles. The Bertz CT molecular complexity index is 2550. The fraction of sp³-hybridized carbons (Fsp3) is 0.364. The van der Waals surface area contributed by atoms with Gasteiger partial charge < -0.3 is 15.2 Å². The number of ether oxygens (including phenoxy) is 2. The molecule has 2 saturated heterocycles. The summed E-state index contributed by atoms with van der Waals surface area (Å²) in [5.41, 5.74) is 6.82. The van der Waals surface area contributed by atoms with Crippen LogP contribution in [0.1, 0.15) is 75.2 Å². The van der Waals surface area contributed by atoms with E-state index in [0.29, 0.717) is 35.5 Å². The molecular weight excluding hydrogens is 821 g/mol. The summed E-state index contributed by atoms with van der Waals surface area (Å²) in [5.74, 6) is -0.280. The van der Waals surface area contributed by atoms with Gasteiger partial charge >= 0.3 is 0 Å². The van der Waals surface area contributed by atoms with E-state index in [9.17, 15) is 36.5 Å². The Hall–Kier alpha value is -5.80. The second-order valence-corrected chi connectivity index (χ2v) is 19.0. The lowest BCUT2D eigenvalue weighted by atomic mass is 10.2. The Morgan fingerprint density at radius 1 is 0.623 bits per heavy atom. The molecule has 2 fully saturated rings. The predicted molar refractivity (Wildman–Crippen MR) is 225 cm³/mol. The number of para-hydroxylation sites is 2. The number of hydrogen-bond acceptors (Lipinski definition) is 12. The maximum atomic E-state index is 12.6. The molecule has 17 heteroatoms. The van der Waals surface area contributed by atoms with Crippen LogP contribution in [0.4, 0.5) is 0 Å². The van der Waals surface area contributed by atoms with Crippen LogP contribution in [-0.2, 0) is 20.0 Å². The number of unbranched alkanes of at least 4 members (excludes halogenated alkanes) is 2. The molecule has 0 spiro atoms. The van der Waals surface area contributed by atoms with Gasteiger partial charge in [-0.25, -0.2) is 25.4 Å². The summed E-state index contributed by atoms with van der Waals surface area (Å²) in [6, 6.07) is 29.0. The Labute approximate surface area is 356 Å². The third-order valence-corrected chi connectivity index (χ3v) is 14.9. The van der Waals surface area contributed by atoms with Gasteiger partial charge in [0.1, 0.15) is 39.6 Å². The molecule has 0 radical (unpaired) electrons. The van der Waals surface area contributed by atoms with Crippen LogP contribution in [0.3, 0.4) is 0 Å². The van der Waals surface area contributed by atoms with Crippen molar-refractivity contribution in [1.82, 2.24) is 18.4 Å². The largest absolute Gasteiger partial charge is 0.488 e. The summed E-state index contributed by atoms with van der Waals surface area (Å²) < 4.78 is 64.3. The average molecular weight is 869 g/mol. The molecule has 4 aromatic carbocycles. The minimum Gasteiger partial charge on any atom is -0.488 e. The fourth-order valence-corrected chi connectivity index (χ4v) is 11.3. The number of rotatable bonds is 15. The number of amides is 3. The SMILES string of the molecule is N#Cc1ccccc1OC1CCN(CCCCN2C(=O)c3ccccc3S2(=O)=O)C1.NC(=O)c1ccccc1OC1CCN(CCCCN2C(=O)c3ccccc3S2(=O)=O)C1. The average Bonchev–Trinajstić information content (AvgIpc) is 4.00. The first-order chi connectivity index (χ1) is 29.4. The van der Waals surface area contributed by atoms with Crippen molar-refractivity contribution in [2.24, 2.45) is 5.73 Å². The van der Waals surface area contributed by atoms with Crippen LogP contribution in [0.15, 0.2) is 107 Å². The first-order valence-corrected chi connectivity index (χ1v) is 23.2. The van der Waals surface area contributed by atoms with E-state index >= 15 is 0 Å². The van der Waals surface area contributed by atoms with Gasteiger partial charge in [-0.1, -0.05) is 48.5 Å². The van der Waals surface area contributed by atoms with E-state index in [1.54, 1.807) is 66.7 Å². The van der Waals surface area contributed by atoms with Crippen LogP contribution < -0.4 is 15.2 Å². The maximum absolute atomic E-state index is 12.6. The Balaban J connectivity index is 0.000000184. The Morgan fingerprint density at radius 2 is 1.05 bits per heavy atom. The molecule has 4 aromatic rings. The highest BCUT2D eigenvalue weighted by Gasteiger charge is 2.41. The first-order valence-electron chi connectivity index (χ1n) is 20.4. The fourth-order valence-electron chi connectivity index (χ4n) is 8.07. The maximum Gasteiger partial charge on any atom is 0.269 e. The summed E-state index contributed by atoms with van der Waals surface area (Å²) in [6.07, 6.45) is 4.47. The molecule has 4 heterocycles. The van der Waals surface area contributed by atoms with Gasteiger partial charge in [-0.15, -0.1) is 0 Å². The molecule has 2 N–H and O–H groups in total. The molecule has 61 heavy (non-hydrogen) atoms. The predicted octanol–water partition coefficient (Wildman–Crippen LogP) is 4.50. The number of sulfonamides is 2. The minimum absolute atomic E-state index is 0.0319. The van der Waals surface area contributed by atoms with Gasteiger partial charge in [0.15, 0.2) is 0 Å². The molecule has 3 amide bonds. The molecule has 2 atom stereocenters. The van der Waals surface area contributed by atoms with E-state index < -0.39 is 37.8 Å². The smallest absolute Gasteiger partial charge is 0.269 e. The Kier molecular flexibility index (Phi) is 13.4. The number of carbonyl (C=O) groups excluding carboxylic acids is 3. The van der Waals surface area contributed by atoms with Gasteiger partial charge in [0.05, 0.1) is 22.3 Å². The van der Waals surface area contributed by atoms with Crippen LogP contribution in [0.5, 0.6) is 11.5 Å². The molecule has 15 nitrogen and oxygen atoms in total. The van der Waals surface area contributed by atoms with Crippen LogP contribution in [0.2, 0.25) is 0 Å². The van der Waals surface area contributed by atoms with Crippen molar-refractivity contribution in [2.75, 3.05) is 52.4 Å². The first kappa shape index (κ1) is 43.3. The highest BCUT2D eigenvalue weighted by molar-refractivity contribution is 7.90. The summed E-state index contributed by atoms with van der Waals surface area (Å²) in [7, 11) is -7.46. The lowest BCUT2D eigenvalue weighted by molar-refractivity contribution is 0.0859. The van der Waals surface area contributed by atoms with Crippen molar-refractivity contribution >= 4 is 37.8 Å². The lowest BCUT2D eigenvalue weighted by Crippen LogP contribution is -2.32. The summed E-state index contributed by atoms with van der Waals surface area (Å²) in [6.45, 7) is 5.21. The molecule has 2 unspecified atom stereocenters. The third kappa shape index (κ3) is 9.57. The van der Waals surface area contributed by atoms with Gasteiger partial charge in [-0.3, -0.25) is 24.2 Å². The zero-order chi connectivity index (χ0) is 43.1. The number of hydrogen-bond donors (Lipinski definition) is 1. The number of primary amides is 1. The molecule has 4 aliphatic rings. The second-order valence-electron chi connectivity index (χ2n) is 15.3. The van der Waals surface area contributed by atoms with E-state index in [-0.39, 0.29) is 46.2 Å². The number of nitriles is 1. The van der Waals surface area contributed by atoms with Gasteiger partial charge in [0, 0.05) is 39.3 Å². The van der Waals surface area contributed by atoms with Gasteiger partial charge in [0.2, 0.25) is 0 Å². The summed E-state index contributed by atoms with van der Waals surface area (Å²) in [5, 5.41) is 9.18.